The second-order valence-corrected chi connectivity index (χ2v) is 3.99. The zero-order valence-electron chi connectivity index (χ0n) is 10.2. The van der Waals surface area contributed by atoms with Crippen LogP contribution in [0.3, 0.4) is 0 Å². The highest BCUT2D eigenvalue weighted by atomic mass is 16.4. The van der Waals surface area contributed by atoms with Gasteiger partial charge < -0.3 is 15.3 Å². The van der Waals surface area contributed by atoms with Crippen molar-refractivity contribution in [2.24, 2.45) is 0 Å². The number of carbonyl (C=O) groups excluding carboxylic acids is 3. The zero-order chi connectivity index (χ0) is 13.9. The molecule has 0 bridgehead atoms. The summed E-state index contributed by atoms with van der Waals surface area (Å²) in [5.41, 5.74) is 0. The van der Waals surface area contributed by atoms with Crippen molar-refractivity contribution in [2.45, 2.75) is 19.4 Å². The average molecular weight is 257 g/mol. The van der Waals surface area contributed by atoms with Crippen LogP contribution in [0, 0.1) is 0 Å². The van der Waals surface area contributed by atoms with Gasteiger partial charge >= 0.3 is 12.0 Å². The van der Waals surface area contributed by atoms with Crippen LogP contribution >= 0.6 is 0 Å². The number of urea groups is 1. The summed E-state index contributed by atoms with van der Waals surface area (Å²) in [7, 11) is 1.45. The molecule has 2 N–H and O–H groups in total. The lowest BCUT2D eigenvalue weighted by molar-refractivity contribution is -0.142. The first-order valence-corrected chi connectivity index (χ1v) is 5.44. The maximum Gasteiger partial charge on any atom is 0.327 e. The molecule has 0 spiro atoms. The number of hydrogen-bond donors (Lipinski definition) is 2. The number of carboxylic acid groups (broad SMARTS) is 1. The van der Waals surface area contributed by atoms with Crippen LogP contribution in [0.25, 0.3) is 0 Å². The van der Waals surface area contributed by atoms with Crippen LogP contribution in [0.15, 0.2) is 0 Å². The second-order valence-electron chi connectivity index (χ2n) is 3.99. The number of carboxylic acids is 1. The molecule has 4 amide bonds. The lowest BCUT2D eigenvalue weighted by atomic mass is 10.2. The first-order chi connectivity index (χ1) is 8.36. The number of nitrogens with zero attached hydrogens (tertiary/aromatic N) is 2. The standard InChI is InChI=1S/C10H15N3O5/c1-3-6(9(16)17)11-7(14)4-13-8(15)5-12(2)10(13)18/h6H,3-5H2,1-2H3,(H,11,14)(H,16,17)/t6-/m0/s1. The van der Waals surface area contributed by atoms with Gasteiger partial charge in [-0.1, -0.05) is 6.92 Å². The Bertz CT molecular complexity index is 395. The fourth-order valence-electron chi connectivity index (χ4n) is 1.55. The van der Waals surface area contributed by atoms with Gasteiger partial charge in [-0.05, 0) is 6.42 Å². The van der Waals surface area contributed by atoms with E-state index in [1.165, 1.54) is 11.9 Å². The van der Waals surface area contributed by atoms with Crippen LogP contribution < -0.4 is 5.32 Å². The Hall–Kier alpha value is -2.12. The summed E-state index contributed by atoms with van der Waals surface area (Å²) in [5.74, 6) is -2.29. The topological polar surface area (TPSA) is 107 Å². The van der Waals surface area contributed by atoms with Crippen LogP contribution in [-0.4, -0.2) is 64.9 Å². The molecule has 0 aliphatic carbocycles. The molecule has 0 aromatic rings. The van der Waals surface area contributed by atoms with E-state index in [4.69, 9.17) is 5.11 Å². The third-order valence-corrected chi connectivity index (χ3v) is 2.57. The Balaban J connectivity index is 2.57. The van der Waals surface area contributed by atoms with Gasteiger partial charge in [0.2, 0.25) is 5.91 Å². The molecule has 1 fully saturated rings. The minimum absolute atomic E-state index is 0.0672. The van der Waals surface area contributed by atoms with Gasteiger partial charge in [0.15, 0.2) is 0 Å². The first kappa shape index (κ1) is 13.9. The summed E-state index contributed by atoms with van der Waals surface area (Å²) in [5, 5.41) is 11.0. The van der Waals surface area contributed by atoms with E-state index >= 15 is 0 Å². The smallest absolute Gasteiger partial charge is 0.327 e. The Labute approximate surface area is 104 Å². The Kier molecular flexibility index (Phi) is 4.24. The lowest BCUT2D eigenvalue weighted by Crippen LogP contribution is -2.46. The molecule has 1 aliphatic heterocycles. The molecule has 100 valence electrons. The van der Waals surface area contributed by atoms with E-state index < -0.39 is 36.4 Å². The normalized spacial score (nSPS) is 17.0. The number of aliphatic carboxylic acids is 1. The Morgan fingerprint density at radius 1 is 1.44 bits per heavy atom. The largest absolute Gasteiger partial charge is 0.480 e. The minimum atomic E-state index is -1.15. The molecule has 0 saturated carbocycles. The van der Waals surface area contributed by atoms with Crippen molar-refractivity contribution >= 4 is 23.8 Å². The molecule has 8 heteroatoms. The van der Waals surface area contributed by atoms with Gasteiger partial charge in [-0.15, -0.1) is 0 Å². The number of rotatable bonds is 5. The predicted molar refractivity (Wildman–Crippen MR) is 59.6 cm³/mol. The van der Waals surface area contributed by atoms with E-state index in [2.05, 4.69) is 5.32 Å². The van der Waals surface area contributed by atoms with E-state index in [1.54, 1.807) is 6.92 Å². The van der Waals surface area contributed by atoms with Crippen LogP contribution in [0.1, 0.15) is 13.3 Å². The van der Waals surface area contributed by atoms with E-state index in [1.807, 2.05) is 0 Å². The number of nitrogens with one attached hydrogen (secondary N) is 1. The van der Waals surface area contributed by atoms with E-state index in [-0.39, 0.29) is 13.0 Å². The molecule has 1 aliphatic rings. The molecule has 0 aromatic carbocycles. The third kappa shape index (κ3) is 2.96. The molecule has 1 heterocycles. The SMILES string of the molecule is CC[C@H](NC(=O)CN1C(=O)CN(C)C1=O)C(=O)O. The predicted octanol–water partition coefficient (Wildman–Crippen LogP) is -1.14. The van der Waals surface area contributed by atoms with Crippen molar-refractivity contribution in [1.82, 2.24) is 15.1 Å². The lowest BCUT2D eigenvalue weighted by Gasteiger charge is -2.16. The monoisotopic (exact) mass is 257 g/mol. The number of carbonyl (C=O) groups is 4. The van der Waals surface area contributed by atoms with Gasteiger partial charge in [-0.3, -0.25) is 14.5 Å². The maximum atomic E-state index is 11.5. The van der Waals surface area contributed by atoms with Crippen molar-refractivity contribution in [3.05, 3.63) is 0 Å². The Morgan fingerprint density at radius 3 is 2.44 bits per heavy atom. The van der Waals surface area contributed by atoms with Crippen LogP contribution in [0.2, 0.25) is 0 Å². The zero-order valence-corrected chi connectivity index (χ0v) is 10.2. The van der Waals surface area contributed by atoms with Gasteiger partial charge in [0.25, 0.3) is 5.91 Å². The molecule has 18 heavy (non-hydrogen) atoms. The molecular weight excluding hydrogens is 242 g/mol. The van der Waals surface area contributed by atoms with Crippen LogP contribution in [0.5, 0.6) is 0 Å². The van der Waals surface area contributed by atoms with Crippen molar-refractivity contribution in [3.63, 3.8) is 0 Å². The summed E-state index contributed by atoms with van der Waals surface area (Å²) >= 11 is 0. The summed E-state index contributed by atoms with van der Waals surface area (Å²) < 4.78 is 0. The summed E-state index contributed by atoms with van der Waals surface area (Å²) in [6.07, 6.45) is 0.225. The van der Waals surface area contributed by atoms with Crippen molar-refractivity contribution in [2.75, 3.05) is 20.1 Å². The summed E-state index contributed by atoms with van der Waals surface area (Å²) in [6.45, 7) is 1.09. The molecule has 1 saturated heterocycles. The fraction of sp³-hybridized carbons (Fsp3) is 0.600. The highest BCUT2D eigenvalue weighted by Crippen LogP contribution is 2.07. The summed E-state index contributed by atoms with van der Waals surface area (Å²) in [6, 6.07) is -1.57. The highest BCUT2D eigenvalue weighted by molar-refractivity contribution is 6.04. The van der Waals surface area contributed by atoms with Crippen molar-refractivity contribution < 1.29 is 24.3 Å². The van der Waals surface area contributed by atoms with Gasteiger partial charge in [0.05, 0.1) is 0 Å². The first-order valence-electron chi connectivity index (χ1n) is 5.44. The number of amides is 4. The third-order valence-electron chi connectivity index (χ3n) is 2.57. The van der Waals surface area contributed by atoms with Crippen molar-refractivity contribution in [1.29, 1.82) is 0 Å². The molecule has 0 unspecified atom stereocenters. The van der Waals surface area contributed by atoms with Gasteiger partial charge in [-0.25, -0.2) is 9.59 Å². The number of imide groups is 1. The molecule has 1 rings (SSSR count). The molecule has 0 radical (unpaired) electrons. The van der Waals surface area contributed by atoms with Crippen LogP contribution in [-0.2, 0) is 14.4 Å². The molecule has 8 nitrogen and oxygen atoms in total. The van der Waals surface area contributed by atoms with Gasteiger partial charge in [0, 0.05) is 7.05 Å². The van der Waals surface area contributed by atoms with Gasteiger partial charge in [0.1, 0.15) is 19.1 Å². The fourth-order valence-corrected chi connectivity index (χ4v) is 1.55. The maximum absolute atomic E-state index is 11.5. The minimum Gasteiger partial charge on any atom is -0.480 e. The number of hydrogen-bond acceptors (Lipinski definition) is 4. The van der Waals surface area contributed by atoms with E-state index in [0.29, 0.717) is 0 Å². The average Bonchev–Trinajstić information content (AvgIpc) is 2.52. The summed E-state index contributed by atoms with van der Waals surface area (Å²) in [4.78, 5) is 47.1. The van der Waals surface area contributed by atoms with Crippen LogP contribution in [0.4, 0.5) is 4.79 Å². The number of likely N-dealkylation sites (N-methyl/N-ethyl adjacent to an activating group) is 1. The van der Waals surface area contributed by atoms with Crippen molar-refractivity contribution in [3.8, 4) is 0 Å². The van der Waals surface area contributed by atoms with Gasteiger partial charge in [-0.2, -0.15) is 0 Å². The van der Waals surface area contributed by atoms with E-state index in [9.17, 15) is 19.2 Å². The highest BCUT2D eigenvalue weighted by Gasteiger charge is 2.35. The molecule has 1 atom stereocenters. The quantitative estimate of drug-likeness (QED) is 0.605. The second kappa shape index (κ2) is 5.48. The molecule has 0 aromatic heterocycles. The molecular formula is C10H15N3O5. The van der Waals surface area contributed by atoms with E-state index in [0.717, 1.165) is 4.90 Å². The Morgan fingerprint density at radius 2 is 2.06 bits per heavy atom.